The Hall–Kier alpha value is -3.66. The number of ether oxygens (including phenoxy) is 1. The molecule has 2 heterocycles. The second-order valence-corrected chi connectivity index (χ2v) is 8.38. The Kier molecular flexibility index (Phi) is 8.06. The van der Waals surface area contributed by atoms with Crippen LogP contribution in [-0.2, 0) is 10.5 Å². The van der Waals surface area contributed by atoms with E-state index < -0.39 is 17.6 Å². The van der Waals surface area contributed by atoms with Crippen molar-refractivity contribution >= 4 is 41.1 Å². The maximum Gasteiger partial charge on any atom is 0.338 e. The molecule has 3 rings (SSSR count). The van der Waals surface area contributed by atoms with Crippen LogP contribution in [0.3, 0.4) is 0 Å². The van der Waals surface area contributed by atoms with Crippen molar-refractivity contribution in [3.8, 4) is 0 Å². The van der Waals surface area contributed by atoms with Gasteiger partial charge in [-0.05, 0) is 30.0 Å². The normalized spacial score (nSPS) is 11.3. The average molecular weight is 487 g/mol. The summed E-state index contributed by atoms with van der Waals surface area (Å²) in [5.41, 5.74) is 3.50. The summed E-state index contributed by atoms with van der Waals surface area (Å²) in [4.78, 5) is 32.7. The van der Waals surface area contributed by atoms with Gasteiger partial charge in [0.25, 0.3) is 0 Å². The van der Waals surface area contributed by atoms with Crippen molar-refractivity contribution in [1.82, 2.24) is 14.9 Å². The summed E-state index contributed by atoms with van der Waals surface area (Å²) in [7, 11) is 4.93. The number of esters is 1. The predicted molar refractivity (Wildman–Crippen MR) is 129 cm³/mol. The summed E-state index contributed by atoms with van der Waals surface area (Å²) >= 11 is 1.52. The maximum absolute atomic E-state index is 14.5. The van der Waals surface area contributed by atoms with E-state index in [1.165, 1.54) is 18.9 Å². The molecule has 0 bridgehead atoms. The number of H-pyrrole nitrogens is 1. The highest BCUT2D eigenvalue weighted by atomic mass is 32.2. The number of aromatic amines is 1. The number of thioether (sulfide) groups is 1. The van der Waals surface area contributed by atoms with Gasteiger partial charge in [-0.1, -0.05) is 0 Å². The molecule has 0 aliphatic rings. The smallest absolute Gasteiger partial charge is 0.338 e. The number of aromatic nitrogens is 2. The Morgan fingerprint density at radius 3 is 2.62 bits per heavy atom. The van der Waals surface area contributed by atoms with Crippen LogP contribution in [0.2, 0.25) is 0 Å². The van der Waals surface area contributed by atoms with Crippen LogP contribution in [-0.4, -0.2) is 54.6 Å². The maximum atomic E-state index is 14.5. The van der Waals surface area contributed by atoms with Crippen LogP contribution in [0.25, 0.3) is 5.57 Å². The molecule has 0 aliphatic carbocycles. The first-order valence-corrected chi connectivity index (χ1v) is 11.5. The van der Waals surface area contributed by atoms with Gasteiger partial charge < -0.3 is 19.9 Å². The van der Waals surface area contributed by atoms with Gasteiger partial charge in [0.1, 0.15) is 5.82 Å². The fourth-order valence-corrected chi connectivity index (χ4v) is 3.99. The van der Waals surface area contributed by atoms with Crippen LogP contribution in [0, 0.1) is 11.6 Å². The molecule has 178 valence electrons. The molecule has 0 fully saturated rings. The number of nitrogens with zero attached hydrogens (tertiary/aromatic N) is 2. The Bertz CT molecular complexity index is 1240. The quantitative estimate of drug-likeness (QED) is 0.330. The van der Waals surface area contributed by atoms with Gasteiger partial charge >= 0.3 is 5.97 Å². The van der Waals surface area contributed by atoms with E-state index >= 15 is 0 Å². The van der Waals surface area contributed by atoms with E-state index in [0.29, 0.717) is 57.3 Å². The number of nitrogens with one attached hydrogen (secondary N) is 2. The number of halogens is 2. The van der Waals surface area contributed by atoms with E-state index in [1.54, 1.807) is 29.3 Å². The van der Waals surface area contributed by atoms with Crippen molar-refractivity contribution in [1.29, 1.82) is 0 Å². The first-order valence-electron chi connectivity index (χ1n) is 10.1. The van der Waals surface area contributed by atoms with E-state index in [-0.39, 0.29) is 5.82 Å². The van der Waals surface area contributed by atoms with Crippen LogP contribution in [0.5, 0.6) is 0 Å². The van der Waals surface area contributed by atoms with E-state index in [9.17, 15) is 18.4 Å². The second-order valence-electron chi connectivity index (χ2n) is 7.52. The highest BCUT2D eigenvalue weighted by molar-refractivity contribution is 7.97. The van der Waals surface area contributed by atoms with Crippen LogP contribution in [0.15, 0.2) is 42.9 Å². The van der Waals surface area contributed by atoms with Crippen molar-refractivity contribution in [3.05, 3.63) is 82.4 Å². The molecule has 10 heteroatoms. The van der Waals surface area contributed by atoms with E-state index in [2.05, 4.69) is 15.3 Å². The molecule has 0 saturated carbocycles. The number of benzene rings is 1. The van der Waals surface area contributed by atoms with Crippen LogP contribution in [0.4, 0.5) is 20.3 Å². The molecule has 0 saturated heterocycles. The lowest BCUT2D eigenvalue weighted by Gasteiger charge is -2.20. The van der Waals surface area contributed by atoms with Gasteiger partial charge in [-0.2, -0.15) is 11.8 Å². The number of anilines is 2. The fraction of sp³-hybridized carbons (Fsp3) is 0.208. The molecule has 2 aromatic heterocycles. The summed E-state index contributed by atoms with van der Waals surface area (Å²) in [6.45, 7) is 0. The summed E-state index contributed by atoms with van der Waals surface area (Å²) in [6, 6.07) is 5.81. The number of hydrogen-bond donors (Lipinski definition) is 2. The number of rotatable bonds is 9. The van der Waals surface area contributed by atoms with E-state index in [1.807, 2.05) is 26.6 Å². The Balaban J connectivity index is 2.32. The number of pyridine rings is 1. The van der Waals surface area contributed by atoms with Gasteiger partial charge in [0.05, 0.1) is 24.6 Å². The largest absolute Gasteiger partial charge is 0.465 e. The molecule has 3 aromatic rings. The lowest BCUT2D eigenvalue weighted by molar-refractivity contribution is 0.0599. The van der Waals surface area contributed by atoms with Crippen molar-refractivity contribution in [3.63, 3.8) is 0 Å². The van der Waals surface area contributed by atoms with Crippen LogP contribution >= 0.6 is 11.8 Å². The van der Waals surface area contributed by atoms with Gasteiger partial charge in [-0.3, -0.25) is 4.79 Å². The van der Waals surface area contributed by atoms with Crippen LogP contribution in [0.1, 0.15) is 37.5 Å². The fourth-order valence-electron chi connectivity index (χ4n) is 3.44. The zero-order valence-electron chi connectivity index (χ0n) is 19.1. The summed E-state index contributed by atoms with van der Waals surface area (Å²) in [5.74, 6) is -1.98. The van der Waals surface area contributed by atoms with Gasteiger partial charge in [-0.15, -0.1) is 0 Å². The predicted octanol–water partition coefficient (Wildman–Crippen LogP) is 4.84. The average Bonchev–Trinajstić information content (AvgIpc) is 3.28. The summed E-state index contributed by atoms with van der Waals surface area (Å²) in [5, 5.41) is 2.88. The molecule has 7 nitrogen and oxygen atoms in total. The van der Waals surface area contributed by atoms with Crippen molar-refractivity contribution in [2.24, 2.45) is 0 Å². The minimum atomic E-state index is -0.896. The summed E-state index contributed by atoms with van der Waals surface area (Å²) < 4.78 is 32.8. The molecule has 0 unspecified atom stereocenters. The Morgan fingerprint density at radius 2 is 2.00 bits per heavy atom. The molecular formula is C24H24F2N4O3S. The van der Waals surface area contributed by atoms with Crippen LogP contribution < -0.4 is 5.32 Å². The molecular weight excluding hydrogens is 462 g/mol. The number of aldehydes is 1. The molecule has 34 heavy (non-hydrogen) atoms. The monoisotopic (exact) mass is 486 g/mol. The molecule has 0 spiro atoms. The number of hydrogen-bond acceptors (Lipinski definition) is 7. The lowest BCUT2D eigenvalue weighted by Crippen LogP contribution is -2.11. The van der Waals surface area contributed by atoms with Crippen molar-refractivity contribution < 1.29 is 23.1 Å². The summed E-state index contributed by atoms with van der Waals surface area (Å²) in [6.07, 6.45) is 6.95. The topological polar surface area (TPSA) is 87.3 Å². The third-order valence-corrected chi connectivity index (χ3v) is 5.47. The van der Waals surface area contributed by atoms with Gasteiger partial charge in [0.2, 0.25) is 0 Å². The number of carbonyl (C=O) groups excluding carboxylic acids is 2. The molecule has 0 amide bonds. The molecule has 1 aromatic carbocycles. The molecule has 2 N–H and O–H groups in total. The lowest BCUT2D eigenvalue weighted by atomic mass is 9.93. The standard InChI is InChI=1S/C24H24F2N4O3S/c1-30(2)11-19(16-5-6-27-22(16)12-31)18-7-14(13-34-4)17(24(32)33-3)9-21(18)29-23-20(26)8-15(25)10-28-23/h5-12,27H,13H2,1-4H3,(H,28,29)/b19-11+. The second kappa shape index (κ2) is 11.0. The highest BCUT2D eigenvalue weighted by Crippen LogP contribution is 2.36. The van der Waals surface area contributed by atoms with Gasteiger partial charge in [-0.25, -0.2) is 18.6 Å². The first kappa shape index (κ1) is 25.0. The molecule has 0 radical (unpaired) electrons. The van der Waals surface area contributed by atoms with E-state index in [0.717, 1.165) is 6.20 Å². The first-order chi connectivity index (χ1) is 16.3. The Labute approximate surface area is 200 Å². The third-order valence-electron chi connectivity index (χ3n) is 4.87. The zero-order chi connectivity index (χ0) is 24.8. The third kappa shape index (κ3) is 5.45. The SMILES string of the molecule is COC(=O)c1cc(Nc2ncc(F)cc2F)c(/C(=C/N(C)C)c2cc[nH]c2C=O)cc1CSC. The van der Waals surface area contributed by atoms with Crippen molar-refractivity contribution in [2.45, 2.75) is 5.75 Å². The zero-order valence-corrected chi connectivity index (χ0v) is 19.9. The molecule has 0 atom stereocenters. The molecule has 0 aliphatic heterocycles. The van der Waals surface area contributed by atoms with E-state index in [4.69, 9.17) is 4.74 Å². The number of carbonyl (C=O) groups is 2. The Morgan fingerprint density at radius 1 is 1.24 bits per heavy atom. The highest BCUT2D eigenvalue weighted by Gasteiger charge is 2.22. The number of methoxy groups -OCH3 is 1. The van der Waals surface area contributed by atoms with Gasteiger partial charge in [0, 0.05) is 60.7 Å². The van der Waals surface area contributed by atoms with Crippen molar-refractivity contribution in [2.75, 3.05) is 32.8 Å². The minimum Gasteiger partial charge on any atom is -0.465 e. The minimum absolute atomic E-state index is 0.218. The van der Waals surface area contributed by atoms with Gasteiger partial charge in [0.15, 0.2) is 17.9 Å².